The van der Waals surface area contributed by atoms with Gasteiger partial charge in [0.15, 0.2) is 0 Å². The highest BCUT2D eigenvalue weighted by Gasteiger charge is 2.40. The first-order valence-electron chi connectivity index (χ1n) is 8.76. The third-order valence-corrected chi connectivity index (χ3v) is 5.49. The van der Waals surface area contributed by atoms with Crippen molar-refractivity contribution in [3.63, 3.8) is 0 Å². The van der Waals surface area contributed by atoms with Gasteiger partial charge >= 0.3 is 5.97 Å². The van der Waals surface area contributed by atoms with E-state index in [0.717, 1.165) is 52.0 Å². The van der Waals surface area contributed by atoms with Crippen LogP contribution in [0.1, 0.15) is 35.2 Å². The maximum absolute atomic E-state index is 11.5. The van der Waals surface area contributed by atoms with Gasteiger partial charge in [0.25, 0.3) is 0 Å². The number of hydrogen-bond donors (Lipinski definition) is 1. The highest BCUT2D eigenvalue weighted by Crippen LogP contribution is 2.39. The van der Waals surface area contributed by atoms with Crippen molar-refractivity contribution in [2.45, 2.75) is 31.9 Å². The van der Waals surface area contributed by atoms with Gasteiger partial charge in [0.2, 0.25) is 0 Å². The minimum absolute atomic E-state index is 0.179. The molecule has 1 atom stereocenters. The van der Waals surface area contributed by atoms with Crippen LogP contribution in [0.15, 0.2) is 24.3 Å². The summed E-state index contributed by atoms with van der Waals surface area (Å²) < 4.78 is 4.73. The second-order valence-electron chi connectivity index (χ2n) is 7.52. The maximum Gasteiger partial charge on any atom is 0.337 e. The van der Waals surface area contributed by atoms with E-state index in [0.29, 0.717) is 5.56 Å². The quantitative estimate of drug-likeness (QED) is 0.855. The smallest absolute Gasteiger partial charge is 0.337 e. The molecular formula is C19H28N2O3. The lowest BCUT2D eigenvalue weighted by Gasteiger charge is -2.48. The van der Waals surface area contributed by atoms with Gasteiger partial charge in [-0.2, -0.15) is 0 Å². The van der Waals surface area contributed by atoms with E-state index < -0.39 is 0 Å². The summed E-state index contributed by atoms with van der Waals surface area (Å²) in [7, 11) is 3.51. The molecule has 0 amide bonds. The summed E-state index contributed by atoms with van der Waals surface area (Å²) in [5.74, 6) is -0.290. The van der Waals surface area contributed by atoms with Crippen molar-refractivity contribution < 1.29 is 14.6 Å². The molecule has 1 aromatic carbocycles. The molecule has 3 rings (SSSR count). The third kappa shape index (κ3) is 3.97. The minimum Gasteiger partial charge on any atom is -0.465 e. The molecule has 2 aliphatic rings. The Balaban J connectivity index is 1.54. The Kier molecular flexibility index (Phi) is 5.23. The lowest BCUT2D eigenvalue weighted by molar-refractivity contribution is -0.0331. The van der Waals surface area contributed by atoms with E-state index in [4.69, 9.17) is 4.74 Å². The Morgan fingerprint density at radius 2 is 1.96 bits per heavy atom. The molecule has 1 spiro atoms. The summed E-state index contributed by atoms with van der Waals surface area (Å²) in [6.45, 7) is 4.96. The topological polar surface area (TPSA) is 53.0 Å². The van der Waals surface area contributed by atoms with Gasteiger partial charge in [0.1, 0.15) is 0 Å². The zero-order valence-corrected chi connectivity index (χ0v) is 14.7. The third-order valence-electron chi connectivity index (χ3n) is 5.49. The number of rotatable bonds is 3. The number of methoxy groups -OCH3 is 1. The predicted molar refractivity (Wildman–Crippen MR) is 92.8 cm³/mol. The molecule has 1 aromatic rings. The predicted octanol–water partition coefficient (Wildman–Crippen LogP) is 1.75. The number of carbonyl (C=O) groups is 1. The number of aliphatic hydroxyl groups excluding tert-OH is 1. The van der Waals surface area contributed by atoms with Gasteiger partial charge in [-0.1, -0.05) is 12.1 Å². The largest absolute Gasteiger partial charge is 0.465 e. The van der Waals surface area contributed by atoms with Crippen LogP contribution in [0.5, 0.6) is 0 Å². The molecule has 2 heterocycles. The minimum atomic E-state index is -0.290. The van der Waals surface area contributed by atoms with Gasteiger partial charge < -0.3 is 14.7 Å². The van der Waals surface area contributed by atoms with E-state index in [1.54, 1.807) is 0 Å². The van der Waals surface area contributed by atoms with Gasteiger partial charge in [-0.15, -0.1) is 0 Å². The molecule has 0 saturated carbocycles. The number of likely N-dealkylation sites (tertiary alicyclic amines) is 2. The van der Waals surface area contributed by atoms with E-state index in [2.05, 4.69) is 16.8 Å². The molecule has 5 nitrogen and oxygen atoms in total. The second kappa shape index (κ2) is 7.21. The highest BCUT2D eigenvalue weighted by atomic mass is 16.5. The number of likely N-dealkylation sites (N-methyl/N-ethyl adjacent to an activating group) is 1. The summed E-state index contributed by atoms with van der Waals surface area (Å²) in [4.78, 5) is 16.2. The van der Waals surface area contributed by atoms with E-state index in [-0.39, 0.29) is 17.5 Å². The molecule has 2 fully saturated rings. The van der Waals surface area contributed by atoms with Crippen molar-refractivity contribution in [3.05, 3.63) is 35.4 Å². The van der Waals surface area contributed by atoms with Crippen LogP contribution in [0, 0.1) is 5.41 Å². The lowest BCUT2D eigenvalue weighted by Crippen LogP contribution is -2.52. The molecule has 132 valence electrons. The number of hydrogen-bond acceptors (Lipinski definition) is 5. The fourth-order valence-corrected chi connectivity index (χ4v) is 4.30. The zero-order chi connectivity index (χ0) is 17.2. The Bertz CT molecular complexity index is 552. The van der Waals surface area contributed by atoms with E-state index in [9.17, 15) is 9.90 Å². The summed E-state index contributed by atoms with van der Waals surface area (Å²) in [6.07, 6.45) is 3.06. The van der Waals surface area contributed by atoms with Crippen LogP contribution in [0.25, 0.3) is 0 Å². The van der Waals surface area contributed by atoms with Crippen LogP contribution in [-0.4, -0.2) is 67.3 Å². The van der Waals surface area contributed by atoms with E-state index in [1.807, 2.05) is 24.3 Å². The van der Waals surface area contributed by atoms with Gasteiger partial charge in [0.05, 0.1) is 18.8 Å². The SMILES string of the molecule is COC(=O)c1ccc(CN2CCC3(CC2)CC(O)CN(C)C3)cc1. The molecular weight excluding hydrogens is 304 g/mol. The number of esters is 1. The van der Waals surface area contributed by atoms with Crippen LogP contribution in [0.4, 0.5) is 0 Å². The Labute approximate surface area is 144 Å². The number of β-amino-alcohol motifs (C(OH)–C–C–N with tert-alkyl or cyclic N) is 1. The van der Waals surface area contributed by atoms with Gasteiger partial charge in [-0.05, 0) is 62.5 Å². The van der Waals surface area contributed by atoms with E-state index in [1.165, 1.54) is 12.7 Å². The molecule has 0 aliphatic carbocycles. The number of nitrogens with zero attached hydrogens (tertiary/aromatic N) is 2. The van der Waals surface area contributed by atoms with Crippen LogP contribution in [0.3, 0.4) is 0 Å². The molecule has 0 aromatic heterocycles. The molecule has 1 unspecified atom stereocenters. The monoisotopic (exact) mass is 332 g/mol. The van der Waals surface area contributed by atoms with Crippen LogP contribution in [0.2, 0.25) is 0 Å². The average Bonchev–Trinajstić information content (AvgIpc) is 2.56. The molecule has 0 bridgehead atoms. The standard InChI is InChI=1S/C19H28N2O3/c1-20-13-17(22)11-19(14-20)7-9-21(10-8-19)12-15-3-5-16(6-4-15)18(23)24-2/h3-6,17,22H,7-14H2,1-2H3. The zero-order valence-electron chi connectivity index (χ0n) is 14.7. The van der Waals surface area contributed by atoms with Crippen molar-refractivity contribution in [1.29, 1.82) is 0 Å². The number of piperidine rings is 2. The second-order valence-corrected chi connectivity index (χ2v) is 7.52. The van der Waals surface area contributed by atoms with Gasteiger partial charge in [-0.25, -0.2) is 4.79 Å². The number of carbonyl (C=O) groups excluding carboxylic acids is 1. The normalized spacial score (nSPS) is 24.9. The van der Waals surface area contributed by atoms with Crippen LogP contribution < -0.4 is 0 Å². The lowest BCUT2D eigenvalue weighted by atomic mass is 9.71. The maximum atomic E-state index is 11.5. The van der Waals surface area contributed by atoms with Crippen molar-refractivity contribution >= 4 is 5.97 Å². The summed E-state index contributed by atoms with van der Waals surface area (Å²) in [6, 6.07) is 7.68. The number of aliphatic hydroxyl groups is 1. The summed E-state index contributed by atoms with van der Waals surface area (Å²) >= 11 is 0. The van der Waals surface area contributed by atoms with Crippen LogP contribution in [-0.2, 0) is 11.3 Å². The molecule has 24 heavy (non-hydrogen) atoms. The Hall–Kier alpha value is -1.43. The average molecular weight is 332 g/mol. The molecule has 0 radical (unpaired) electrons. The fourth-order valence-electron chi connectivity index (χ4n) is 4.30. The van der Waals surface area contributed by atoms with Crippen molar-refractivity contribution in [1.82, 2.24) is 9.80 Å². The number of ether oxygens (including phenoxy) is 1. The molecule has 2 aliphatic heterocycles. The highest BCUT2D eigenvalue weighted by molar-refractivity contribution is 5.89. The van der Waals surface area contributed by atoms with Crippen molar-refractivity contribution in [3.8, 4) is 0 Å². The fraction of sp³-hybridized carbons (Fsp3) is 0.632. The summed E-state index contributed by atoms with van der Waals surface area (Å²) in [5.41, 5.74) is 2.11. The van der Waals surface area contributed by atoms with E-state index >= 15 is 0 Å². The van der Waals surface area contributed by atoms with Gasteiger partial charge in [0, 0.05) is 19.6 Å². The van der Waals surface area contributed by atoms with Crippen molar-refractivity contribution in [2.24, 2.45) is 5.41 Å². The summed E-state index contributed by atoms with van der Waals surface area (Å²) in [5, 5.41) is 10.1. The molecule has 2 saturated heterocycles. The first-order chi connectivity index (χ1) is 11.5. The molecule has 1 N–H and O–H groups in total. The Morgan fingerprint density at radius 3 is 2.54 bits per heavy atom. The number of benzene rings is 1. The van der Waals surface area contributed by atoms with Gasteiger partial charge in [-0.3, -0.25) is 4.90 Å². The van der Waals surface area contributed by atoms with Crippen LogP contribution >= 0.6 is 0 Å². The first-order valence-corrected chi connectivity index (χ1v) is 8.76. The van der Waals surface area contributed by atoms with Crippen molar-refractivity contribution in [2.75, 3.05) is 40.3 Å². The Morgan fingerprint density at radius 1 is 1.29 bits per heavy atom. The first kappa shape index (κ1) is 17.4. The molecule has 5 heteroatoms.